The molecule has 0 aromatic heterocycles. The van der Waals surface area contributed by atoms with E-state index >= 15 is 0 Å². The Morgan fingerprint density at radius 2 is 2.00 bits per heavy atom. The van der Waals surface area contributed by atoms with E-state index in [1.54, 1.807) is 0 Å². The molecule has 4 N–H and O–H groups in total. The lowest BCUT2D eigenvalue weighted by Gasteiger charge is -2.16. The van der Waals surface area contributed by atoms with Crippen LogP contribution in [0.15, 0.2) is 0 Å². The van der Waals surface area contributed by atoms with Gasteiger partial charge in [-0.05, 0) is 13.5 Å². The molecular weight excluding hydrogens is 172 g/mol. The highest BCUT2D eigenvalue weighted by molar-refractivity contribution is 6.42. The molecule has 2 atom stereocenters. The summed E-state index contributed by atoms with van der Waals surface area (Å²) in [5.74, 6) is 0. The van der Waals surface area contributed by atoms with Crippen molar-refractivity contribution >= 4 is 9.28 Å². The van der Waals surface area contributed by atoms with Gasteiger partial charge in [-0.2, -0.15) is 0 Å². The minimum atomic E-state index is -1.46. The molecule has 0 saturated heterocycles. The van der Waals surface area contributed by atoms with Crippen molar-refractivity contribution in [1.29, 1.82) is 0 Å². The molecule has 0 fully saturated rings. The van der Waals surface area contributed by atoms with Crippen molar-refractivity contribution in [1.82, 2.24) is 0 Å². The zero-order chi connectivity index (χ0) is 8.69. The quantitative estimate of drug-likeness (QED) is 0.575. The first-order valence-corrected chi connectivity index (χ1v) is 5.97. The van der Waals surface area contributed by atoms with Gasteiger partial charge in [0.05, 0.1) is 6.10 Å². The fraction of sp³-hybridized carbons (Fsp3) is 1.00. The van der Waals surface area contributed by atoms with Crippen LogP contribution in [0, 0.1) is 0 Å². The summed E-state index contributed by atoms with van der Waals surface area (Å²) in [6.45, 7) is 5.60. The van der Waals surface area contributed by atoms with Crippen molar-refractivity contribution in [2.75, 3.05) is 19.7 Å². The van der Waals surface area contributed by atoms with E-state index in [0.717, 1.165) is 0 Å². The predicted molar refractivity (Wildman–Crippen MR) is 54.4 cm³/mol. The third-order valence-electron chi connectivity index (χ3n) is 1.23. The monoisotopic (exact) mass is 194 g/mol. The zero-order valence-corrected chi connectivity index (χ0v) is 8.40. The molecule has 0 spiro atoms. The van der Waals surface area contributed by atoms with Crippen molar-refractivity contribution in [3.63, 3.8) is 0 Å². The van der Waals surface area contributed by atoms with Crippen LogP contribution in [0.4, 0.5) is 0 Å². The summed E-state index contributed by atoms with van der Waals surface area (Å²) in [7, 11) is -1.46. The maximum atomic E-state index is 5.44. The van der Waals surface area contributed by atoms with E-state index in [4.69, 9.17) is 20.3 Å². The first kappa shape index (κ1) is 14.6. The molecule has 5 heteroatoms. The Balaban J connectivity index is 0. The van der Waals surface area contributed by atoms with E-state index in [1.165, 1.54) is 0 Å². The molecule has 0 aromatic rings. The normalized spacial score (nSPS) is 15.0. The lowest BCUT2D eigenvalue weighted by Crippen LogP contribution is -2.30. The Labute approximate surface area is 77.1 Å². The number of hydrogen-bond acceptors (Lipinski definition) is 4. The van der Waals surface area contributed by atoms with Crippen LogP contribution in [0.3, 0.4) is 0 Å². The second kappa shape index (κ2) is 9.15. The van der Waals surface area contributed by atoms with Crippen LogP contribution in [-0.2, 0) is 8.85 Å². The molecule has 0 heterocycles. The maximum absolute atomic E-state index is 5.44. The Hall–Kier alpha value is 0.0569. The Kier molecular flexibility index (Phi) is 11.1. The van der Waals surface area contributed by atoms with Gasteiger partial charge in [0.2, 0.25) is 0 Å². The molecule has 0 radical (unpaired) electrons. The number of rotatable bonds is 6. The molecule has 76 valence electrons. The highest BCUT2D eigenvalue weighted by Crippen LogP contribution is 1.93. The Morgan fingerprint density at radius 1 is 1.42 bits per heavy atom. The van der Waals surface area contributed by atoms with E-state index in [-0.39, 0.29) is 13.5 Å². The van der Waals surface area contributed by atoms with Crippen molar-refractivity contribution in [2.45, 2.75) is 27.0 Å². The van der Waals surface area contributed by atoms with E-state index in [2.05, 4.69) is 0 Å². The van der Waals surface area contributed by atoms with Gasteiger partial charge in [-0.1, -0.05) is 7.43 Å². The van der Waals surface area contributed by atoms with Crippen LogP contribution in [-0.4, -0.2) is 35.1 Å². The Bertz CT molecular complexity index is 95.5. The fourth-order valence-electron chi connectivity index (χ4n) is 0.656. The third kappa shape index (κ3) is 8.16. The maximum Gasteiger partial charge on any atom is 0.318 e. The molecule has 0 aromatic carbocycles. The second-order valence-corrected chi connectivity index (χ2v) is 4.15. The van der Waals surface area contributed by atoms with Crippen LogP contribution in [0.1, 0.15) is 14.4 Å². The molecule has 0 amide bonds. The van der Waals surface area contributed by atoms with Gasteiger partial charge in [-0.3, -0.25) is 0 Å². The number of hydrogen-bond donors (Lipinski definition) is 2. The van der Waals surface area contributed by atoms with Crippen LogP contribution in [0.5, 0.6) is 0 Å². The summed E-state index contributed by atoms with van der Waals surface area (Å²) in [4.78, 5) is 0. The van der Waals surface area contributed by atoms with Crippen molar-refractivity contribution < 1.29 is 8.85 Å². The lowest BCUT2D eigenvalue weighted by molar-refractivity contribution is 0.158. The van der Waals surface area contributed by atoms with Gasteiger partial charge in [-0.15, -0.1) is 0 Å². The van der Waals surface area contributed by atoms with Crippen LogP contribution in [0.2, 0.25) is 6.55 Å². The SMILES string of the molecule is C.CC(CN)O[SiH](C)OCCN. The minimum absolute atomic E-state index is 0. The summed E-state index contributed by atoms with van der Waals surface area (Å²) in [6, 6.07) is 0. The second-order valence-electron chi connectivity index (χ2n) is 2.41. The molecule has 12 heavy (non-hydrogen) atoms. The summed E-state index contributed by atoms with van der Waals surface area (Å²) >= 11 is 0. The molecule has 0 aliphatic rings. The number of nitrogens with two attached hydrogens (primary N) is 2. The highest BCUT2D eigenvalue weighted by Gasteiger charge is 2.08. The summed E-state index contributed by atoms with van der Waals surface area (Å²) in [5.41, 5.74) is 10.6. The van der Waals surface area contributed by atoms with Gasteiger partial charge in [0.25, 0.3) is 0 Å². The van der Waals surface area contributed by atoms with E-state index in [0.29, 0.717) is 19.7 Å². The topological polar surface area (TPSA) is 70.5 Å². The van der Waals surface area contributed by atoms with Crippen molar-refractivity contribution in [3.8, 4) is 0 Å². The van der Waals surface area contributed by atoms with Crippen LogP contribution in [0.25, 0.3) is 0 Å². The predicted octanol–water partition coefficient (Wildman–Crippen LogP) is -0.188. The van der Waals surface area contributed by atoms with Gasteiger partial charge in [-0.25, -0.2) is 0 Å². The minimum Gasteiger partial charge on any atom is -0.395 e. The molecule has 0 aliphatic heterocycles. The Morgan fingerprint density at radius 3 is 2.42 bits per heavy atom. The third-order valence-corrected chi connectivity index (χ3v) is 2.78. The average Bonchev–Trinajstić information content (AvgIpc) is 2.00. The summed E-state index contributed by atoms with van der Waals surface area (Å²) in [6.07, 6.45) is 0.106. The molecule has 2 unspecified atom stereocenters. The summed E-state index contributed by atoms with van der Waals surface area (Å²) < 4.78 is 10.7. The van der Waals surface area contributed by atoms with Crippen molar-refractivity contribution in [2.24, 2.45) is 11.5 Å². The zero-order valence-electron chi connectivity index (χ0n) is 7.25. The van der Waals surface area contributed by atoms with E-state index in [9.17, 15) is 0 Å². The van der Waals surface area contributed by atoms with Gasteiger partial charge in [0.1, 0.15) is 0 Å². The lowest BCUT2D eigenvalue weighted by atomic mass is 10.4. The fourth-order valence-corrected chi connectivity index (χ4v) is 1.97. The molecule has 4 nitrogen and oxygen atoms in total. The van der Waals surface area contributed by atoms with Gasteiger partial charge in [0.15, 0.2) is 0 Å². The van der Waals surface area contributed by atoms with Gasteiger partial charge in [0, 0.05) is 19.7 Å². The van der Waals surface area contributed by atoms with Gasteiger partial charge < -0.3 is 20.3 Å². The van der Waals surface area contributed by atoms with Crippen LogP contribution >= 0.6 is 0 Å². The van der Waals surface area contributed by atoms with Gasteiger partial charge >= 0.3 is 9.28 Å². The van der Waals surface area contributed by atoms with Crippen molar-refractivity contribution in [3.05, 3.63) is 0 Å². The van der Waals surface area contributed by atoms with E-state index < -0.39 is 9.28 Å². The molecule has 0 rings (SSSR count). The standard InChI is InChI=1S/C6H18N2O2Si.CH4/c1-6(5-8)10-11(2)9-4-3-7;/h6,11H,3-5,7-8H2,1-2H3;1H4. The largest absolute Gasteiger partial charge is 0.395 e. The first-order valence-electron chi connectivity index (χ1n) is 3.88. The molecule has 0 saturated carbocycles. The smallest absolute Gasteiger partial charge is 0.318 e. The molecular formula is C7H22N2O2Si. The highest BCUT2D eigenvalue weighted by atomic mass is 28.3. The van der Waals surface area contributed by atoms with Crippen LogP contribution < -0.4 is 11.5 Å². The molecule has 0 bridgehead atoms. The van der Waals surface area contributed by atoms with E-state index in [1.807, 2.05) is 13.5 Å². The molecule has 0 aliphatic carbocycles. The average molecular weight is 194 g/mol. The summed E-state index contributed by atoms with van der Waals surface area (Å²) in [5, 5.41) is 0. The first-order chi connectivity index (χ1) is 5.20.